The Labute approximate surface area is 112 Å². The number of carbonyl (C=O) groups is 1. The first-order chi connectivity index (χ1) is 9.16. The number of para-hydroxylation sites is 1. The van der Waals surface area contributed by atoms with Crippen molar-refractivity contribution in [2.75, 3.05) is 12.4 Å². The van der Waals surface area contributed by atoms with Crippen molar-refractivity contribution in [2.45, 2.75) is 5.09 Å². The van der Waals surface area contributed by atoms with E-state index in [4.69, 9.17) is 14.3 Å². The van der Waals surface area contributed by atoms with Gasteiger partial charge in [-0.25, -0.2) is 4.79 Å². The van der Waals surface area contributed by atoms with Crippen LogP contribution in [0.1, 0.15) is 10.6 Å². The summed E-state index contributed by atoms with van der Waals surface area (Å²) in [5.41, 5.74) is 0. The fourth-order valence-electron chi connectivity index (χ4n) is 1.41. The van der Waals surface area contributed by atoms with Gasteiger partial charge in [0, 0.05) is 0 Å². The molecule has 0 aliphatic rings. The largest absolute Gasteiger partial charge is 0.493 e. The fraction of sp³-hybridized carbons (Fsp3) is 0.154. The van der Waals surface area contributed by atoms with E-state index in [1.54, 1.807) is 12.1 Å². The summed E-state index contributed by atoms with van der Waals surface area (Å²) in [4.78, 5) is 10.6. The highest BCUT2D eigenvalue weighted by Crippen LogP contribution is 2.13. The van der Waals surface area contributed by atoms with Gasteiger partial charge in [0.15, 0.2) is 5.09 Å². The van der Waals surface area contributed by atoms with Gasteiger partial charge in [0.05, 0.1) is 16.6 Å². The maximum atomic E-state index is 11.8. The van der Waals surface area contributed by atoms with Crippen LogP contribution in [0.25, 0.3) is 0 Å². The molecular formula is C13H12O5S. The summed E-state index contributed by atoms with van der Waals surface area (Å²) in [6.45, 7) is 0.264. The van der Waals surface area contributed by atoms with Gasteiger partial charge >= 0.3 is 5.97 Å². The van der Waals surface area contributed by atoms with Gasteiger partial charge in [-0.15, -0.1) is 0 Å². The molecule has 1 unspecified atom stereocenters. The number of aromatic carboxylic acids is 1. The lowest BCUT2D eigenvalue weighted by molar-refractivity contribution is 0.0656. The number of hydrogen-bond acceptors (Lipinski definition) is 4. The normalized spacial score (nSPS) is 12.0. The molecule has 0 bridgehead atoms. The van der Waals surface area contributed by atoms with Crippen LogP contribution in [0, 0.1) is 0 Å². The van der Waals surface area contributed by atoms with E-state index in [0.717, 1.165) is 0 Å². The minimum Gasteiger partial charge on any atom is -0.493 e. The van der Waals surface area contributed by atoms with Crippen LogP contribution >= 0.6 is 0 Å². The van der Waals surface area contributed by atoms with Crippen molar-refractivity contribution in [1.29, 1.82) is 0 Å². The van der Waals surface area contributed by atoms with Crippen molar-refractivity contribution >= 4 is 16.8 Å². The fourth-order valence-corrected chi connectivity index (χ4v) is 2.25. The van der Waals surface area contributed by atoms with Gasteiger partial charge < -0.3 is 14.3 Å². The van der Waals surface area contributed by atoms with E-state index in [-0.39, 0.29) is 23.2 Å². The van der Waals surface area contributed by atoms with Crippen LogP contribution < -0.4 is 4.74 Å². The second-order valence-corrected chi connectivity index (χ2v) is 5.14. The number of benzene rings is 1. The molecule has 2 rings (SSSR count). The summed E-state index contributed by atoms with van der Waals surface area (Å²) >= 11 is 0. The standard InChI is InChI=1S/C13H12O5S/c14-13(15)11-6-7-12(18-11)19(16)9-8-17-10-4-2-1-3-5-10/h1-7H,8-9H2,(H,14,15). The molecule has 0 spiro atoms. The lowest BCUT2D eigenvalue weighted by atomic mass is 10.3. The van der Waals surface area contributed by atoms with Gasteiger partial charge in [-0.05, 0) is 24.3 Å². The summed E-state index contributed by atoms with van der Waals surface area (Å²) < 4.78 is 22.2. The Bertz CT molecular complexity index is 576. The van der Waals surface area contributed by atoms with Crippen molar-refractivity contribution in [3.05, 3.63) is 48.2 Å². The molecule has 1 atom stereocenters. The number of ether oxygens (including phenoxy) is 1. The third kappa shape index (κ3) is 3.69. The molecule has 0 saturated carbocycles. The predicted molar refractivity (Wildman–Crippen MR) is 68.9 cm³/mol. The molecule has 0 saturated heterocycles. The third-order valence-electron chi connectivity index (χ3n) is 2.30. The Balaban J connectivity index is 1.85. The summed E-state index contributed by atoms with van der Waals surface area (Å²) in [5, 5.41) is 8.83. The van der Waals surface area contributed by atoms with E-state index in [1.807, 2.05) is 18.2 Å². The summed E-state index contributed by atoms with van der Waals surface area (Å²) in [6.07, 6.45) is 0. The molecule has 0 radical (unpaired) electrons. The predicted octanol–water partition coefficient (Wildman–Crippen LogP) is 2.16. The lowest BCUT2D eigenvalue weighted by Gasteiger charge is -2.04. The Morgan fingerprint density at radius 1 is 1.21 bits per heavy atom. The first-order valence-corrected chi connectivity index (χ1v) is 6.88. The lowest BCUT2D eigenvalue weighted by Crippen LogP contribution is -2.08. The SMILES string of the molecule is O=C(O)c1ccc(S(=O)CCOc2ccccc2)o1. The maximum Gasteiger partial charge on any atom is 0.371 e. The molecule has 0 aliphatic carbocycles. The van der Waals surface area contributed by atoms with Crippen molar-refractivity contribution in [1.82, 2.24) is 0 Å². The maximum absolute atomic E-state index is 11.8. The van der Waals surface area contributed by atoms with Gasteiger partial charge in [0.25, 0.3) is 0 Å². The highest BCUT2D eigenvalue weighted by atomic mass is 32.2. The Kier molecular flexibility index (Phi) is 4.35. The first kappa shape index (κ1) is 13.4. The van der Waals surface area contributed by atoms with Crippen LogP contribution in [-0.4, -0.2) is 27.6 Å². The van der Waals surface area contributed by atoms with E-state index in [0.29, 0.717) is 5.75 Å². The number of carboxylic acids is 1. The highest BCUT2D eigenvalue weighted by molar-refractivity contribution is 7.84. The van der Waals surface area contributed by atoms with E-state index < -0.39 is 16.8 Å². The van der Waals surface area contributed by atoms with Crippen LogP contribution in [0.15, 0.2) is 52.0 Å². The van der Waals surface area contributed by atoms with E-state index in [2.05, 4.69) is 0 Å². The molecular weight excluding hydrogens is 268 g/mol. The van der Waals surface area contributed by atoms with E-state index in [9.17, 15) is 9.00 Å². The zero-order chi connectivity index (χ0) is 13.7. The molecule has 1 N–H and O–H groups in total. The molecule has 0 fully saturated rings. The number of carboxylic acid groups (broad SMARTS) is 1. The molecule has 0 aliphatic heterocycles. The van der Waals surface area contributed by atoms with Gasteiger partial charge in [-0.2, -0.15) is 0 Å². The zero-order valence-electron chi connectivity index (χ0n) is 9.94. The van der Waals surface area contributed by atoms with Crippen LogP contribution in [0.5, 0.6) is 5.75 Å². The summed E-state index contributed by atoms with van der Waals surface area (Å²) in [6, 6.07) is 11.9. The summed E-state index contributed by atoms with van der Waals surface area (Å²) in [7, 11) is -1.41. The first-order valence-electron chi connectivity index (χ1n) is 5.56. The molecule has 100 valence electrons. The number of furan rings is 1. The average molecular weight is 280 g/mol. The van der Waals surface area contributed by atoms with Gasteiger partial charge in [-0.1, -0.05) is 18.2 Å². The molecule has 6 heteroatoms. The third-order valence-corrected chi connectivity index (χ3v) is 3.50. The number of hydrogen-bond donors (Lipinski definition) is 1. The van der Waals surface area contributed by atoms with Crippen molar-refractivity contribution in [2.24, 2.45) is 0 Å². The molecule has 5 nitrogen and oxygen atoms in total. The van der Waals surface area contributed by atoms with Crippen LogP contribution in [0.2, 0.25) is 0 Å². The van der Waals surface area contributed by atoms with Gasteiger partial charge in [-0.3, -0.25) is 4.21 Å². The molecule has 2 aromatic rings. The van der Waals surface area contributed by atoms with Gasteiger partial charge in [0.2, 0.25) is 5.76 Å². The molecule has 1 aromatic heterocycles. The molecule has 1 heterocycles. The van der Waals surface area contributed by atoms with Crippen molar-refractivity contribution < 1.29 is 23.3 Å². The van der Waals surface area contributed by atoms with Crippen molar-refractivity contribution in [3.8, 4) is 5.75 Å². The Hall–Kier alpha value is -2.08. The smallest absolute Gasteiger partial charge is 0.371 e. The minimum absolute atomic E-state index is 0.147. The van der Waals surface area contributed by atoms with Crippen LogP contribution in [-0.2, 0) is 10.8 Å². The Morgan fingerprint density at radius 3 is 2.58 bits per heavy atom. The van der Waals surface area contributed by atoms with Gasteiger partial charge in [0.1, 0.15) is 12.4 Å². The molecule has 19 heavy (non-hydrogen) atoms. The highest BCUT2D eigenvalue weighted by Gasteiger charge is 2.13. The second-order valence-electron chi connectivity index (χ2n) is 3.63. The quantitative estimate of drug-likeness (QED) is 0.877. The Morgan fingerprint density at radius 2 is 1.95 bits per heavy atom. The van der Waals surface area contributed by atoms with E-state index >= 15 is 0 Å². The monoisotopic (exact) mass is 280 g/mol. The second kappa shape index (κ2) is 6.19. The zero-order valence-corrected chi connectivity index (χ0v) is 10.8. The van der Waals surface area contributed by atoms with Crippen LogP contribution in [0.3, 0.4) is 0 Å². The molecule has 1 aromatic carbocycles. The summed E-state index contributed by atoms with van der Waals surface area (Å²) in [5.74, 6) is -0.456. The van der Waals surface area contributed by atoms with Crippen LogP contribution in [0.4, 0.5) is 0 Å². The van der Waals surface area contributed by atoms with E-state index in [1.165, 1.54) is 12.1 Å². The molecule has 0 amide bonds. The average Bonchev–Trinajstić information content (AvgIpc) is 2.89. The van der Waals surface area contributed by atoms with Crippen molar-refractivity contribution in [3.63, 3.8) is 0 Å². The topological polar surface area (TPSA) is 76.7 Å². The minimum atomic E-state index is -1.41. The number of rotatable bonds is 6.